The Bertz CT molecular complexity index is 672. The van der Waals surface area contributed by atoms with Gasteiger partial charge in [-0.05, 0) is 37.1 Å². The molecule has 2 aromatic rings. The number of anilines is 1. The number of benzene rings is 1. The number of fused-ring (bicyclic) bond motifs is 1. The van der Waals surface area contributed by atoms with E-state index in [1.54, 1.807) is 13.3 Å². The van der Waals surface area contributed by atoms with E-state index in [1.165, 1.54) is 11.3 Å². The second kappa shape index (κ2) is 9.70. The Morgan fingerprint density at radius 2 is 2.08 bits per heavy atom. The summed E-state index contributed by atoms with van der Waals surface area (Å²) in [7, 11) is 1.80. The maximum Gasteiger partial charge on any atom is 0.191 e. The third-order valence-corrected chi connectivity index (χ3v) is 4.49. The predicted molar refractivity (Wildman–Crippen MR) is 114 cm³/mol. The molecule has 1 aromatic heterocycles. The van der Waals surface area contributed by atoms with Gasteiger partial charge in [-0.3, -0.25) is 4.99 Å². The van der Waals surface area contributed by atoms with Crippen LogP contribution in [0.15, 0.2) is 52.1 Å². The molecule has 2 N–H and O–H groups in total. The van der Waals surface area contributed by atoms with Crippen LogP contribution in [0.25, 0.3) is 0 Å². The van der Waals surface area contributed by atoms with Gasteiger partial charge in [-0.15, -0.1) is 24.0 Å². The Morgan fingerprint density at radius 1 is 1.24 bits per heavy atom. The van der Waals surface area contributed by atoms with E-state index in [1.807, 2.05) is 12.1 Å². The van der Waals surface area contributed by atoms with Gasteiger partial charge in [0.05, 0.1) is 6.26 Å². The normalized spacial score (nSPS) is 14.6. The molecule has 0 radical (unpaired) electrons. The number of aliphatic imine (C=N–C) groups is 1. The number of rotatable bonds is 6. The number of hydrogen-bond donors (Lipinski definition) is 2. The number of furan rings is 1. The van der Waals surface area contributed by atoms with Crippen LogP contribution in [0.4, 0.5) is 5.69 Å². The van der Waals surface area contributed by atoms with Crippen LogP contribution < -0.4 is 15.5 Å². The van der Waals surface area contributed by atoms with Crippen molar-refractivity contribution in [2.75, 3.05) is 31.6 Å². The minimum absolute atomic E-state index is 0. The number of nitrogens with zero attached hydrogens (tertiary/aromatic N) is 2. The summed E-state index contributed by atoms with van der Waals surface area (Å²) in [5, 5.41) is 6.76. The molecule has 0 spiro atoms. The SMILES string of the molecule is CN=C(NCCc1ccco1)NCC(C)N1CCc2ccccc21.I. The molecule has 1 aliphatic heterocycles. The molecule has 0 fully saturated rings. The van der Waals surface area contributed by atoms with Crippen molar-refractivity contribution in [3.8, 4) is 0 Å². The molecule has 1 aromatic carbocycles. The quantitative estimate of drug-likeness (QED) is 0.400. The highest BCUT2D eigenvalue weighted by Gasteiger charge is 2.22. The highest BCUT2D eigenvalue weighted by Crippen LogP contribution is 2.28. The average Bonchev–Trinajstić information content (AvgIpc) is 3.27. The zero-order chi connectivity index (χ0) is 16.8. The molecule has 0 bridgehead atoms. The predicted octanol–water partition coefficient (Wildman–Crippen LogP) is 3.06. The zero-order valence-electron chi connectivity index (χ0n) is 14.9. The van der Waals surface area contributed by atoms with Gasteiger partial charge < -0.3 is 20.0 Å². The van der Waals surface area contributed by atoms with E-state index < -0.39 is 0 Å². The monoisotopic (exact) mass is 454 g/mol. The van der Waals surface area contributed by atoms with Crippen LogP contribution >= 0.6 is 24.0 Å². The van der Waals surface area contributed by atoms with Crippen molar-refractivity contribution >= 4 is 35.6 Å². The smallest absolute Gasteiger partial charge is 0.191 e. The molecule has 0 aliphatic carbocycles. The van der Waals surface area contributed by atoms with Gasteiger partial charge in [-0.1, -0.05) is 18.2 Å². The largest absolute Gasteiger partial charge is 0.469 e. The van der Waals surface area contributed by atoms with Gasteiger partial charge in [-0.2, -0.15) is 0 Å². The summed E-state index contributed by atoms with van der Waals surface area (Å²) in [5.74, 6) is 1.82. The topological polar surface area (TPSA) is 52.8 Å². The third-order valence-electron chi connectivity index (χ3n) is 4.49. The van der Waals surface area contributed by atoms with Gasteiger partial charge in [0.15, 0.2) is 5.96 Å². The van der Waals surface area contributed by atoms with E-state index in [-0.39, 0.29) is 24.0 Å². The standard InChI is InChI=1S/C19H26N4O.HI/c1-15(23-12-10-16-6-3-4-8-18(16)23)14-22-19(20-2)21-11-9-17-7-5-13-24-17;/h3-8,13,15H,9-12,14H2,1-2H3,(H2,20,21,22);1H. The van der Waals surface area contributed by atoms with E-state index in [4.69, 9.17) is 4.42 Å². The first-order valence-electron chi connectivity index (χ1n) is 8.59. The van der Waals surface area contributed by atoms with Crippen LogP contribution in [0.2, 0.25) is 0 Å². The Labute approximate surface area is 166 Å². The van der Waals surface area contributed by atoms with Crippen LogP contribution in [0, 0.1) is 0 Å². The molecule has 1 aliphatic rings. The Kier molecular flexibility index (Phi) is 7.61. The average molecular weight is 454 g/mol. The molecular weight excluding hydrogens is 427 g/mol. The summed E-state index contributed by atoms with van der Waals surface area (Å²) in [6, 6.07) is 13.0. The van der Waals surface area contributed by atoms with Crippen LogP contribution in [0.1, 0.15) is 18.2 Å². The summed E-state index contributed by atoms with van der Waals surface area (Å²) < 4.78 is 5.34. The van der Waals surface area contributed by atoms with Crippen molar-refractivity contribution < 1.29 is 4.42 Å². The van der Waals surface area contributed by atoms with Crippen LogP contribution in [-0.4, -0.2) is 38.7 Å². The molecule has 6 heteroatoms. The molecule has 1 unspecified atom stereocenters. The van der Waals surface area contributed by atoms with E-state index in [0.717, 1.165) is 44.2 Å². The Morgan fingerprint density at radius 3 is 2.84 bits per heavy atom. The fraction of sp³-hybridized carbons (Fsp3) is 0.421. The van der Waals surface area contributed by atoms with E-state index in [2.05, 4.69) is 51.7 Å². The summed E-state index contributed by atoms with van der Waals surface area (Å²) in [6.45, 7) is 5.00. The van der Waals surface area contributed by atoms with Crippen LogP contribution in [0.5, 0.6) is 0 Å². The molecule has 25 heavy (non-hydrogen) atoms. The Hall–Kier alpha value is -1.70. The lowest BCUT2D eigenvalue weighted by Crippen LogP contribution is -2.46. The molecule has 136 valence electrons. The van der Waals surface area contributed by atoms with Crippen molar-refractivity contribution in [1.82, 2.24) is 10.6 Å². The summed E-state index contributed by atoms with van der Waals surface area (Å²) in [5.41, 5.74) is 2.82. The zero-order valence-corrected chi connectivity index (χ0v) is 17.2. The van der Waals surface area contributed by atoms with Crippen molar-refractivity contribution in [1.29, 1.82) is 0 Å². The lowest BCUT2D eigenvalue weighted by molar-refractivity contribution is 0.506. The van der Waals surface area contributed by atoms with Crippen molar-refractivity contribution in [3.63, 3.8) is 0 Å². The van der Waals surface area contributed by atoms with Gasteiger partial charge in [0, 0.05) is 44.8 Å². The molecule has 5 nitrogen and oxygen atoms in total. The number of para-hydroxylation sites is 1. The summed E-state index contributed by atoms with van der Waals surface area (Å²) in [6.07, 6.45) is 3.69. The third kappa shape index (κ3) is 5.14. The molecule has 0 saturated carbocycles. The minimum atomic E-state index is 0. The second-order valence-corrected chi connectivity index (χ2v) is 6.13. The maximum absolute atomic E-state index is 5.34. The number of halogens is 1. The lowest BCUT2D eigenvalue weighted by atomic mass is 10.2. The molecule has 1 atom stereocenters. The van der Waals surface area contributed by atoms with Crippen LogP contribution in [0.3, 0.4) is 0 Å². The molecule has 0 saturated heterocycles. The minimum Gasteiger partial charge on any atom is -0.469 e. The first kappa shape index (κ1) is 19.6. The summed E-state index contributed by atoms with van der Waals surface area (Å²) in [4.78, 5) is 6.77. The number of guanidine groups is 1. The molecule has 3 rings (SSSR count). The van der Waals surface area contributed by atoms with E-state index >= 15 is 0 Å². The van der Waals surface area contributed by atoms with Crippen molar-refractivity contribution in [2.45, 2.75) is 25.8 Å². The fourth-order valence-electron chi connectivity index (χ4n) is 3.16. The molecule has 0 amide bonds. The van der Waals surface area contributed by atoms with Gasteiger partial charge in [-0.25, -0.2) is 0 Å². The van der Waals surface area contributed by atoms with E-state index in [9.17, 15) is 0 Å². The number of nitrogens with one attached hydrogen (secondary N) is 2. The first-order valence-corrected chi connectivity index (χ1v) is 8.59. The second-order valence-electron chi connectivity index (χ2n) is 6.13. The lowest BCUT2D eigenvalue weighted by Gasteiger charge is -2.28. The number of hydrogen-bond acceptors (Lipinski definition) is 3. The van der Waals surface area contributed by atoms with Gasteiger partial charge in [0.25, 0.3) is 0 Å². The van der Waals surface area contributed by atoms with Crippen molar-refractivity contribution in [3.05, 3.63) is 54.0 Å². The van der Waals surface area contributed by atoms with Gasteiger partial charge >= 0.3 is 0 Å². The highest BCUT2D eigenvalue weighted by molar-refractivity contribution is 14.0. The Balaban J connectivity index is 0.00000225. The maximum atomic E-state index is 5.34. The molecule has 2 heterocycles. The van der Waals surface area contributed by atoms with Crippen LogP contribution in [-0.2, 0) is 12.8 Å². The summed E-state index contributed by atoms with van der Waals surface area (Å²) >= 11 is 0. The first-order chi connectivity index (χ1) is 11.8. The highest BCUT2D eigenvalue weighted by atomic mass is 127. The van der Waals surface area contributed by atoms with Gasteiger partial charge in [0.2, 0.25) is 0 Å². The van der Waals surface area contributed by atoms with Crippen molar-refractivity contribution in [2.24, 2.45) is 4.99 Å². The van der Waals surface area contributed by atoms with E-state index in [0.29, 0.717) is 6.04 Å². The fourth-order valence-corrected chi connectivity index (χ4v) is 3.16. The van der Waals surface area contributed by atoms with Gasteiger partial charge in [0.1, 0.15) is 5.76 Å². The molecular formula is C19H27IN4O.